The summed E-state index contributed by atoms with van der Waals surface area (Å²) >= 11 is 0. The molecule has 2 heterocycles. The van der Waals surface area contributed by atoms with Crippen molar-refractivity contribution in [3.63, 3.8) is 0 Å². The lowest BCUT2D eigenvalue weighted by atomic mass is 10.0. The molecule has 112 valence electrons. The Morgan fingerprint density at radius 1 is 1.16 bits per heavy atom. The van der Waals surface area contributed by atoms with E-state index in [0.29, 0.717) is 0 Å². The molecule has 6 nitrogen and oxygen atoms in total. The highest BCUT2D eigenvalue weighted by Crippen LogP contribution is 2.42. The van der Waals surface area contributed by atoms with E-state index in [0.717, 1.165) is 25.7 Å². The summed E-state index contributed by atoms with van der Waals surface area (Å²) in [6.45, 7) is 3.64. The molecule has 0 aromatic rings. The molecule has 2 aliphatic rings. The summed E-state index contributed by atoms with van der Waals surface area (Å²) < 4.78 is 17.2. The van der Waals surface area contributed by atoms with Crippen molar-refractivity contribution in [3.05, 3.63) is 0 Å². The third-order valence-corrected chi connectivity index (χ3v) is 3.74. The van der Waals surface area contributed by atoms with Gasteiger partial charge in [0.1, 0.15) is 24.4 Å². The van der Waals surface area contributed by atoms with Crippen molar-refractivity contribution < 1.29 is 29.5 Å². The molecule has 0 aliphatic carbocycles. The van der Waals surface area contributed by atoms with Crippen LogP contribution < -0.4 is 0 Å². The van der Waals surface area contributed by atoms with E-state index < -0.39 is 43.1 Å². The van der Waals surface area contributed by atoms with Gasteiger partial charge >= 0.3 is 0 Å². The lowest BCUT2D eigenvalue weighted by molar-refractivity contribution is -0.249. The minimum absolute atomic E-state index is 0.462. The molecule has 0 amide bonds. The van der Waals surface area contributed by atoms with Crippen molar-refractivity contribution in [2.45, 2.75) is 76.0 Å². The first kappa shape index (κ1) is 15.2. The highest BCUT2D eigenvalue weighted by atomic mass is 16.8. The summed E-state index contributed by atoms with van der Waals surface area (Å²) in [7, 11) is 0. The predicted molar refractivity (Wildman–Crippen MR) is 66.3 cm³/mol. The van der Waals surface area contributed by atoms with Crippen LogP contribution in [0.5, 0.6) is 0 Å². The highest BCUT2D eigenvalue weighted by Gasteiger charge is 2.57. The molecule has 0 unspecified atom stereocenters. The summed E-state index contributed by atoms with van der Waals surface area (Å²) in [5.41, 5.74) is 0. The second-order valence-electron chi connectivity index (χ2n) is 5.32. The van der Waals surface area contributed by atoms with Crippen LogP contribution in [0.15, 0.2) is 0 Å². The van der Waals surface area contributed by atoms with E-state index in [9.17, 15) is 10.2 Å². The Kier molecular flexibility index (Phi) is 4.81. The van der Waals surface area contributed by atoms with E-state index in [1.807, 2.05) is 13.8 Å². The van der Waals surface area contributed by atoms with Crippen molar-refractivity contribution in [1.29, 1.82) is 0 Å². The smallest absolute Gasteiger partial charge is 0.190 e. The van der Waals surface area contributed by atoms with Crippen LogP contribution in [0.25, 0.3) is 0 Å². The molecule has 5 atom stereocenters. The fourth-order valence-electron chi connectivity index (χ4n) is 2.91. The van der Waals surface area contributed by atoms with Crippen LogP contribution in [0.4, 0.5) is 0 Å². The summed E-state index contributed by atoms with van der Waals surface area (Å²) in [6, 6.07) is 0. The van der Waals surface area contributed by atoms with E-state index in [4.69, 9.17) is 19.3 Å². The largest absolute Gasteiger partial charge is 0.394 e. The van der Waals surface area contributed by atoms with E-state index in [-0.39, 0.29) is 0 Å². The average molecular weight is 276 g/mol. The number of aliphatic hydroxyl groups is 3. The van der Waals surface area contributed by atoms with Crippen LogP contribution in [0, 0.1) is 0 Å². The monoisotopic (exact) mass is 276 g/mol. The standard InChI is InChI=1S/C13H24O6/c1-3-5-13(6-4-2)18-11-9(16)10(8(15)7-14)17-12(11)19-13/h8-12,14-16H,3-7H2,1-2H3/t8-,9+,10-,11-,12-/m1/s1. The Morgan fingerprint density at radius 3 is 2.26 bits per heavy atom. The first-order chi connectivity index (χ1) is 9.06. The maximum absolute atomic E-state index is 10.1. The zero-order chi connectivity index (χ0) is 14.0. The molecule has 0 aromatic heterocycles. The van der Waals surface area contributed by atoms with Gasteiger partial charge in [0.15, 0.2) is 12.1 Å². The molecule has 0 spiro atoms. The van der Waals surface area contributed by atoms with E-state index in [1.54, 1.807) is 0 Å². The lowest BCUT2D eigenvalue weighted by Crippen LogP contribution is -2.43. The third kappa shape index (κ3) is 2.79. The maximum atomic E-state index is 10.1. The number of hydrogen-bond donors (Lipinski definition) is 3. The quantitative estimate of drug-likeness (QED) is 0.639. The third-order valence-electron chi connectivity index (χ3n) is 3.74. The number of aliphatic hydroxyl groups excluding tert-OH is 3. The van der Waals surface area contributed by atoms with E-state index in [2.05, 4.69) is 0 Å². The Labute approximate surface area is 113 Å². The van der Waals surface area contributed by atoms with Crippen LogP contribution in [-0.4, -0.2) is 58.4 Å². The summed E-state index contributed by atoms with van der Waals surface area (Å²) in [5.74, 6) is -0.686. The molecule has 0 radical (unpaired) electrons. The molecule has 2 aliphatic heterocycles. The van der Waals surface area contributed by atoms with Gasteiger partial charge in [0.25, 0.3) is 0 Å². The van der Waals surface area contributed by atoms with Gasteiger partial charge in [-0.05, 0) is 0 Å². The minimum atomic E-state index is -1.13. The Bertz CT molecular complexity index is 291. The molecule has 6 heteroatoms. The van der Waals surface area contributed by atoms with Gasteiger partial charge in [-0.3, -0.25) is 0 Å². The van der Waals surface area contributed by atoms with Gasteiger partial charge in [0.2, 0.25) is 0 Å². The predicted octanol–water partition coefficient (Wildman–Crippen LogP) is 0.137. The van der Waals surface area contributed by atoms with Crippen LogP contribution in [-0.2, 0) is 14.2 Å². The molecule has 2 fully saturated rings. The maximum Gasteiger partial charge on any atom is 0.190 e. The second kappa shape index (κ2) is 6.03. The zero-order valence-electron chi connectivity index (χ0n) is 11.5. The normalized spacial score (nSPS) is 38.4. The number of rotatable bonds is 6. The fraction of sp³-hybridized carbons (Fsp3) is 1.00. The fourth-order valence-corrected chi connectivity index (χ4v) is 2.91. The van der Waals surface area contributed by atoms with Crippen LogP contribution in [0.1, 0.15) is 39.5 Å². The molecule has 2 rings (SSSR count). The highest BCUT2D eigenvalue weighted by molar-refractivity contribution is 4.97. The zero-order valence-corrected chi connectivity index (χ0v) is 11.5. The SMILES string of the molecule is CCCC1(CCC)O[C@H]2O[C@H]([C@H](O)CO)[C@H](O)[C@H]2O1. The van der Waals surface area contributed by atoms with Crippen molar-refractivity contribution in [1.82, 2.24) is 0 Å². The molecule has 0 bridgehead atoms. The van der Waals surface area contributed by atoms with Gasteiger partial charge in [-0.15, -0.1) is 0 Å². The number of fused-ring (bicyclic) bond motifs is 1. The lowest BCUT2D eigenvalue weighted by Gasteiger charge is -2.30. The Balaban J connectivity index is 2.04. The Morgan fingerprint density at radius 2 is 1.79 bits per heavy atom. The van der Waals surface area contributed by atoms with E-state index in [1.165, 1.54) is 0 Å². The van der Waals surface area contributed by atoms with Crippen LogP contribution in [0.2, 0.25) is 0 Å². The Hall–Kier alpha value is -0.240. The average Bonchev–Trinajstić information content (AvgIpc) is 2.86. The molecule has 0 aromatic carbocycles. The molecule has 19 heavy (non-hydrogen) atoms. The first-order valence-corrected chi connectivity index (χ1v) is 7.05. The van der Waals surface area contributed by atoms with Gasteiger partial charge in [0, 0.05) is 12.8 Å². The van der Waals surface area contributed by atoms with Gasteiger partial charge in [-0.1, -0.05) is 26.7 Å². The molecule has 2 saturated heterocycles. The minimum Gasteiger partial charge on any atom is -0.394 e. The second-order valence-corrected chi connectivity index (χ2v) is 5.32. The van der Waals surface area contributed by atoms with Crippen molar-refractivity contribution in [3.8, 4) is 0 Å². The van der Waals surface area contributed by atoms with Crippen LogP contribution >= 0.6 is 0 Å². The molecular formula is C13H24O6. The topological polar surface area (TPSA) is 88.4 Å². The van der Waals surface area contributed by atoms with Gasteiger partial charge < -0.3 is 29.5 Å². The summed E-state index contributed by atoms with van der Waals surface area (Å²) in [5, 5.41) is 28.6. The summed E-state index contributed by atoms with van der Waals surface area (Å²) in [4.78, 5) is 0. The van der Waals surface area contributed by atoms with Crippen molar-refractivity contribution in [2.24, 2.45) is 0 Å². The van der Waals surface area contributed by atoms with Gasteiger partial charge in [-0.2, -0.15) is 0 Å². The van der Waals surface area contributed by atoms with Crippen LogP contribution in [0.3, 0.4) is 0 Å². The van der Waals surface area contributed by atoms with Gasteiger partial charge in [0.05, 0.1) is 6.61 Å². The van der Waals surface area contributed by atoms with Crippen molar-refractivity contribution in [2.75, 3.05) is 6.61 Å². The van der Waals surface area contributed by atoms with E-state index >= 15 is 0 Å². The molecule has 0 saturated carbocycles. The number of hydrogen-bond acceptors (Lipinski definition) is 6. The van der Waals surface area contributed by atoms with Crippen molar-refractivity contribution >= 4 is 0 Å². The van der Waals surface area contributed by atoms with Gasteiger partial charge in [-0.25, -0.2) is 0 Å². The summed E-state index contributed by atoms with van der Waals surface area (Å²) in [6.07, 6.45) is -0.905. The number of ether oxygens (including phenoxy) is 3. The molecular weight excluding hydrogens is 252 g/mol. The molecule has 3 N–H and O–H groups in total. The first-order valence-electron chi connectivity index (χ1n) is 7.05.